The Balaban J connectivity index is 4.54. The van der Waals surface area contributed by atoms with Crippen LogP contribution in [-0.2, 0) is 4.79 Å². The Kier molecular flexibility index (Phi) is 6.34. The first-order valence-electron chi connectivity index (χ1n) is 5.97. The zero-order valence-electron chi connectivity index (χ0n) is 11.1. The van der Waals surface area contributed by atoms with E-state index in [1.807, 2.05) is 32.6 Å². The smallest absolute Gasteiger partial charge is 0.226 e. The number of amides is 1. The highest BCUT2D eigenvalue weighted by Crippen LogP contribution is 2.18. The van der Waals surface area contributed by atoms with Crippen LogP contribution in [0.25, 0.3) is 0 Å². The topological polar surface area (TPSA) is 46.3 Å². The molecule has 0 heterocycles. The summed E-state index contributed by atoms with van der Waals surface area (Å²) in [6, 6.07) is 0. The molecule has 0 saturated heterocycles. The van der Waals surface area contributed by atoms with Gasteiger partial charge in [-0.05, 0) is 40.2 Å². The maximum Gasteiger partial charge on any atom is 0.226 e. The Bertz CT molecular complexity index is 231. The summed E-state index contributed by atoms with van der Waals surface area (Å²) in [5.74, 6) is 0.239. The van der Waals surface area contributed by atoms with Crippen molar-refractivity contribution in [2.24, 2.45) is 11.7 Å². The Morgan fingerprint density at radius 3 is 2.44 bits per heavy atom. The lowest BCUT2D eigenvalue weighted by Crippen LogP contribution is -2.47. The van der Waals surface area contributed by atoms with E-state index in [1.165, 1.54) is 0 Å². The van der Waals surface area contributed by atoms with Gasteiger partial charge in [0, 0.05) is 18.0 Å². The molecular formula is C13H26N2O. The number of nitrogens with two attached hydrogens (primary N) is 1. The molecule has 0 aromatic carbocycles. The molecule has 0 fully saturated rings. The van der Waals surface area contributed by atoms with Crippen molar-refractivity contribution in [1.29, 1.82) is 0 Å². The summed E-state index contributed by atoms with van der Waals surface area (Å²) in [6.45, 7) is 13.1. The highest BCUT2D eigenvalue weighted by molar-refractivity contribution is 5.79. The van der Waals surface area contributed by atoms with E-state index in [2.05, 4.69) is 6.58 Å². The Labute approximate surface area is 99.7 Å². The van der Waals surface area contributed by atoms with Gasteiger partial charge in [0.15, 0.2) is 0 Å². The summed E-state index contributed by atoms with van der Waals surface area (Å²) in [5, 5.41) is 0. The van der Waals surface area contributed by atoms with Crippen molar-refractivity contribution in [2.45, 2.75) is 46.1 Å². The molecule has 0 saturated carbocycles. The van der Waals surface area contributed by atoms with Crippen molar-refractivity contribution in [3.05, 3.63) is 12.7 Å². The molecule has 16 heavy (non-hydrogen) atoms. The highest BCUT2D eigenvalue weighted by atomic mass is 16.2. The van der Waals surface area contributed by atoms with Crippen molar-refractivity contribution in [2.75, 3.05) is 13.1 Å². The Morgan fingerprint density at radius 1 is 1.50 bits per heavy atom. The van der Waals surface area contributed by atoms with Gasteiger partial charge in [-0.3, -0.25) is 4.79 Å². The fraction of sp³-hybridized carbons (Fsp3) is 0.769. The minimum atomic E-state index is -0.151. The Morgan fingerprint density at radius 2 is 2.06 bits per heavy atom. The molecule has 0 bridgehead atoms. The fourth-order valence-electron chi connectivity index (χ4n) is 1.64. The van der Waals surface area contributed by atoms with E-state index in [0.717, 1.165) is 12.8 Å². The van der Waals surface area contributed by atoms with Crippen molar-refractivity contribution >= 4 is 5.91 Å². The maximum absolute atomic E-state index is 12.2. The van der Waals surface area contributed by atoms with Crippen LogP contribution < -0.4 is 5.73 Å². The third-order valence-corrected chi connectivity index (χ3v) is 2.65. The van der Waals surface area contributed by atoms with Crippen LogP contribution in [0.15, 0.2) is 12.7 Å². The summed E-state index contributed by atoms with van der Waals surface area (Å²) in [5.41, 5.74) is 5.31. The van der Waals surface area contributed by atoms with Crippen LogP contribution in [0.2, 0.25) is 0 Å². The van der Waals surface area contributed by atoms with Crippen LogP contribution in [0.1, 0.15) is 40.5 Å². The van der Waals surface area contributed by atoms with Crippen LogP contribution >= 0.6 is 0 Å². The first-order chi connectivity index (χ1) is 7.34. The van der Waals surface area contributed by atoms with Gasteiger partial charge in [-0.1, -0.05) is 13.0 Å². The predicted octanol–water partition coefficient (Wildman–Crippen LogP) is 2.17. The molecule has 0 radical (unpaired) electrons. The average molecular weight is 226 g/mol. The maximum atomic E-state index is 12.2. The largest absolute Gasteiger partial charge is 0.334 e. The molecule has 0 rings (SSSR count). The van der Waals surface area contributed by atoms with E-state index in [9.17, 15) is 4.79 Å². The van der Waals surface area contributed by atoms with Crippen LogP contribution in [0.5, 0.6) is 0 Å². The van der Waals surface area contributed by atoms with Crippen LogP contribution in [0.3, 0.4) is 0 Å². The molecule has 0 aromatic rings. The number of nitrogens with zero attached hydrogens (tertiary/aromatic N) is 1. The van der Waals surface area contributed by atoms with Crippen molar-refractivity contribution in [3.8, 4) is 0 Å². The summed E-state index contributed by atoms with van der Waals surface area (Å²) in [7, 11) is 0. The molecule has 1 amide bonds. The number of carbonyl (C=O) groups excluding carboxylic acids is 1. The van der Waals surface area contributed by atoms with Crippen LogP contribution in [0.4, 0.5) is 0 Å². The van der Waals surface area contributed by atoms with Gasteiger partial charge in [-0.25, -0.2) is 0 Å². The molecule has 0 aliphatic rings. The second-order valence-electron chi connectivity index (χ2n) is 5.24. The lowest BCUT2D eigenvalue weighted by atomic mass is 9.99. The van der Waals surface area contributed by atoms with Gasteiger partial charge in [0.25, 0.3) is 0 Å². The van der Waals surface area contributed by atoms with E-state index in [4.69, 9.17) is 5.73 Å². The lowest BCUT2D eigenvalue weighted by molar-refractivity contribution is -0.139. The average Bonchev–Trinajstić information content (AvgIpc) is 2.19. The Hall–Kier alpha value is -0.830. The lowest BCUT2D eigenvalue weighted by Gasteiger charge is -2.36. The minimum Gasteiger partial charge on any atom is -0.334 e. The first kappa shape index (κ1) is 15.2. The number of hydrogen-bond donors (Lipinski definition) is 1. The van der Waals surface area contributed by atoms with E-state index in [-0.39, 0.29) is 17.4 Å². The van der Waals surface area contributed by atoms with Gasteiger partial charge in [0.05, 0.1) is 0 Å². The molecule has 0 aromatic heterocycles. The zero-order valence-corrected chi connectivity index (χ0v) is 11.1. The number of hydrogen-bond acceptors (Lipinski definition) is 2. The third-order valence-electron chi connectivity index (χ3n) is 2.65. The van der Waals surface area contributed by atoms with E-state index in [0.29, 0.717) is 13.1 Å². The second kappa shape index (κ2) is 6.69. The fourth-order valence-corrected chi connectivity index (χ4v) is 1.64. The zero-order chi connectivity index (χ0) is 12.8. The van der Waals surface area contributed by atoms with Crippen LogP contribution in [0, 0.1) is 5.92 Å². The molecule has 2 N–H and O–H groups in total. The SMILES string of the molecule is C=CCN(C(=O)C(C)CCCN)C(C)(C)C. The molecule has 3 heteroatoms. The molecule has 0 aliphatic heterocycles. The molecule has 3 nitrogen and oxygen atoms in total. The number of rotatable bonds is 6. The van der Waals surface area contributed by atoms with Gasteiger partial charge >= 0.3 is 0 Å². The molecule has 94 valence electrons. The summed E-state index contributed by atoms with van der Waals surface area (Å²) < 4.78 is 0. The van der Waals surface area contributed by atoms with Gasteiger partial charge in [0.2, 0.25) is 5.91 Å². The van der Waals surface area contributed by atoms with E-state index >= 15 is 0 Å². The van der Waals surface area contributed by atoms with Gasteiger partial charge in [0.1, 0.15) is 0 Å². The third kappa shape index (κ3) is 4.79. The predicted molar refractivity (Wildman–Crippen MR) is 69.1 cm³/mol. The number of carbonyl (C=O) groups is 1. The van der Waals surface area contributed by atoms with Gasteiger partial charge in [-0.15, -0.1) is 6.58 Å². The molecule has 1 unspecified atom stereocenters. The first-order valence-corrected chi connectivity index (χ1v) is 5.97. The summed E-state index contributed by atoms with van der Waals surface area (Å²) in [6.07, 6.45) is 3.54. The quantitative estimate of drug-likeness (QED) is 0.706. The molecule has 0 aliphatic carbocycles. The molecule has 1 atom stereocenters. The van der Waals surface area contributed by atoms with Crippen molar-refractivity contribution < 1.29 is 4.79 Å². The minimum absolute atomic E-state index is 0.0442. The van der Waals surface area contributed by atoms with Crippen molar-refractivity contribution in [1.82, 2.24) is 4.90 Å². The normalized spacial score (nSPS) is 13.3. The summed E-state index contributed by atoms with van der Waals surface area (Å²) in [4.78, 5) is 14.1. The molecular weight excluding hydrogens is 200 g/mol. The highest BCUT2D eigenvalue weighted by Gasteiger charge is 2.28. The standard InChI is InChI=1S/C13H26N2O/c1-6-10-15(13(3,4)5)12(16)11(2)8-7-9-14/h6,11H,1,7-10,14H2,2-5H3. The van der Waals surface area contributed by atoms with Gasteiger partial charge in [-0.2, -0.15) is 0 Å². The van der Waals surface area contributed by atoms with Gasteiger partial charge < -0.3 is 10.6 Å². The summed E-state index contributed by atoms with van der Waals surface area (Å²) >= 11 is 0. The van der Waals surface area contributed by atoms with Crippen molar-refractivity contribution in [3.63, 3.8) is 0 Å². The molecule has 0 spiro atoms. The van der Waals surface area contributed by atoms with E-state index < -0.39 is 0 Å². The van der Waals surface area contributed by atoms with E-state index in [1.54, 1.807) is 6.08 Å². The second-order valence-corrected chi connectivity index (χ2v) is 5.24. The monoisotopic (exact) mass is 226 g/mol. The van der Waals surface area contributed by atoms with Crippen LogP contribution in [-0.4, -0.2) is 29.4 Å².